The maximum absolute atomic E-state index is 11.1. The number of hydrazine groups is 1. The van der Waals surface area contributed by atoms with Crippen LogP contribution in [0.1, 0.15) is 15.9 Å². The third-order valence-electron chi connectivity index (χ3n) is 1.84. The minimum atomic E-state index is -0.622. The van der Waals surface area contributed by atoms with E-state index in [2.05, 4.69) is 0 Å². The van der Waals surface area contributed by atoms with Crippen LogP contribution in [0.15, 0.2) is 30.3 Å². The second-order valence-electron chi connectivity index (χ2n) is 2.90. The topological polar surface area (TPSA) is 104 Å². The van der Waals surface area contributed by atoms with E-state index in [1.165, 1.54) is 11.6 Å². The molecule has 0 fully saturated rings. The van der Waals surface area contributed by atoms with Crippen molar-refractivity contribution in [1.82, 2.24) is 10.9 Å². The molecule has 1 aromatic carbocycles. The summed E-state index contributed by atoms with van der Waals surface area (Å²) >= 11 is 0. The van der Waals surface area contributed by atoms with E-state index in [4.69, 9.17) is 11.0 Å². The van der Waals surface area contributed by atoms with E-state index >= 15 is 0 Å². The predicted molar refractivity (Wildman–Crippen MR) is 64.3 cm³/mol. The minimum Gasteiger partial charge on any atom is -0.290 e. The Kier molecular flexibility index (Phi) is 6.57. The van der Waals surface area contributed by atoms with Crippen molar-refractivity contribution in [3.63, 3.8) is 0 Å². The van der Waals surface area contributed by atoms with Gasteiger partial charge in [-0.1, -0.05) is 12.1 Å². The van der Waals surface area contributed by atoms with Gasteiger partial charge in [-0.3, -0.25) is 20.2 Å². The molecule has 5 N–H and O–H groups in total. The lowest BCUT2D eigenvalue weighted by atomic mass is 10.1. The van der Waals surface area contributed by atoms with Crippen LogP contribution in [0.25, 0.3) is 6.08 Å². The fourth-order valence-corrected chi connectivity index (χ4v) is 1.04. The van der Waals surface area contributed by atoms with Gasteiger partial charge in [0.05, 0.1) is 0 Å². The number of hydrogen-bond acceptors (Lipinski definition) is 4. The highest BCUT2D eigenvalue weighted by molar-refractivity contribution is 5.94. The van der Waals surface area contributed by atoms with Crippen molar-refractivity contribution in [2.45, 2.75) is 0 Å². The molecule has 17 heavy (non-hydrogen) atoms. The van der Waals surface area contributed by atoms with Crippen molar-refractivity contribution in [1.29, 1.82) is 0 Å². The molecule has 0 saturated carbocycles. The Bertz CT molecular complexity index is 417. The van der Waals surface area contributed by atoms with E-state index < -0.39 is 5.91 Å². The van der Waals surface area contributed by atoms with Gasteiger partial charge < -0.3 is 0 Å². The molecule has 1 rings (SSSR count). The van der Waals surface area contributed by atoms with Gasteiger partial charge in [-0.2, -0.15) is 0 Å². The normalized spacial score (nSPS) is 9.53. The van der Waals surface area contributed by atoms with Crippen LogP contribution in [0.2, 0.25) is 0 Å². The van der Waals surface area contributed by atoms with Crippen molar-refractivity contribution in [2.75, 3.05) is 0 Å². The summed E-state index contributed by atoms with van der Waals surface area (Å²) in [4.78, 5) is 21.8. The number of halogens is 1. The highest BCUT2D eigenvalue weighted by Gasteiger charge is 2.01. The lowest BCUT2D eigenvalue weighted by molar-refractivity contribution is -0.124. The first-order valence-electron chi connectivity index (χ1n) is 4.40. The second kappa shape index (κ2) is 7.39. The minimum absolute atomic E-state index is 0. The molecule has 0 spiro atoms. The molecule has 0 heterocycles. The Hall–Kier alpha value is -1.89. The first-order valence-corrected chi connectivity index (χ1v) is 4.40. The summed E-state index contributed by atoms with van der Waals surface area (Å²) < 4.78 is 0. The van der Waals surface area contributed by atoms with E-state index in [0.29, 0.717) is 5.56 Å². The molecule has 6 nitrogen and oxygen atoms in total. The summed E-state index contributed by atoms with van der Waals surface area (Å²) in [5, 5.41) is 8.24. The number of nitrogens with one attached hydrogen (secondary N) is 2. The van der Waals surface area contributed by atoms with Crippen LogP contribution in [0.5, 0.6) is 0 Å². The Morgan fingerprint density at radius 1 is 1.24 bits per heavy atom. The van der Waals surface area contributed by atoms with Crippen molar-refractivity contribution < 1.29 is 14.8 Å². The maximum atomic E-state index is 11.1. The van der Waals surface area contributed by atoms with Gasteiger partial charge in [-0.15, -0.1) is 12.4 Å². The molecule has 92 valence electrons. The molecule has 7 heteroatoms. The zero-order chi connectivity index (χ0) is 12.0. The summed E-state index contributed by atoms with van der Waals surface area (Å²) in [5.74, 6) is 3.96. The van der Waals surface area contributed by atoms with Gasteiger partial charge in [0, 0.05) is 11.6 Å². The third kappa shape index (κ3) is 4.64. The lowest BCUT2D eigenvalue weighted by Crippen LogP contribution is -2.29. The molecule has 0 aromatic heterocycles. The van der Waals surface area contributed by atoms with Gasteiger partial charge in [0.25, 0.3) is 11.8 Å². The van der Waals surface area contributed by atoms with Crippen LogP contribution in [0.3, 0.4) is 0 Å². The average Bonchev–Trinajstić information content (AvgIpc) is 2.35. The Morgan fingerprint density at radius 3 is 2.29 bits per heavy atom. The molecule has 0 bridgehead atoms. The number of carbonyl (C=O) groups is 2. The number of rotatable bonds is 3. The fourth-order valence-electron chi connectivity index (χ4n) is 1.04. The van der Waals surface area contributed by atoms with E-state index in [-0.39, 0.29) is 18.3 Å². The van der Waals surface area contributed by atoms with Crippen molar-refractivity contribution in [2.24, 2.45) is 5.84 Å². The highest BCUT2D eigenvalue weighted by atomic mass is 35.5. The zero-order valence-corrected chi connectivity index (χ0v) is 9.53. The van der Waals surface area contributed by atoms with Gasteiger partial charge in [-0.25, -0.2) is 11.3 Å². The molecule has 0 radical (unpaired) electrons. The summed E-state index contributed by atoms with van der Waals surface area (Å²) in [6, 6.07) is 6.43. The Balaban J connectivity index is 0.00000256. The number of benzene rings is 1. The van der Waals surface area contributed by atoms with Crippen LogP contribution in [0, 0.1) is 0 Å². The molecule has 0 aliphatic rings. The monoisotopic (exact) mass is 257 g/mol. The van der Waals surface area contributed by atoms with Crippen LogP contribution in [0.4, 0.5) is 0 Å². The van der Waals surface area contributed by atoms with E-state index in [9.17, 15) is 9.59 Å². The smallest absolute Gasteiger partial charge is 0.267 e. The van der Waals surface area contributed by atoms with Crippen LogP contribution in [-0.4, -0.2) is 17.0 Å². The molecule has 0 aliphatic carbocycles. The molecule has 0 unspecified atom stereocenters. The standard InChI is InChI=1S/C10H11N3O3.ClH/c11-12-10(15)8-4-1-7(2-5-8)3-6-9(14)13-16;/h1-6,16H,11H2,(H,12,15)(H,13,14);1H. The fraction of sp³-hybridized carbons (Fsp3) is 0. The largest absolute Gasteiger partial charge is 0.290 e. The number of nitrogens with two attached hydrogens (primary N) is 1. The highest BCUT2D eigenvalue weighted by Crippen LogP contribution is 2.05. The number of hydroxylamine groups is 1. The number of amides is 2. The van der Waals surface area contributed by atoms with Gasteiger partial charge >= 0.3 is 0 Å². The summed E-state index contributed by atoms with van der Waals surface area (Å²) in [5.41, 5.74) is 4.62. The molecule has 0 atom stereocenters. The second-order valence-corrected chi connectivity index (χ2v) is 2.90. The lowest BCUT2D eigenvalue weighted by Gasteiger charge is -1.99. The molecular weight excluding hydrogens is 246 g/mol. The molecule has 0 aliphatic heterocycles. The van der Waals surface area contributed by atoms with Gasteiger partial charge in [-0.05, 0) is 23.8 Å². The molecule has 2 amide bonds. The van der Waals surface area contributed by atoms with Crippen LogP contribution in [-0.2, 0) is 4.79 Å². The van der Waals surface area contributed by atoms with Gasteiger partial charge in [0.15, 0.2) is 0 Å². The number of hydrogen-bond donors (Lipinski definition) is 4. The molecule has 0 saturated heterocycles. The Labute approximate surface area is 104 Å². The molecule has 1 aromatic rings. The Morgan fingerprint density at radius 2 is 1.82 bits per heavy atom. The maximum Gasteiger partial charge on any atom is 0.267 e. The van der Waals surface area contributed by atoms with E-state index in [1.807, 2.05) is 5.43 Å². The average molecular weight is 258 g/mol. The zero-order valence-electron chi connectivity index (χ0n) is 8.71. The van der Waals surface area contributed by atoms with Gasteiger partial charge in [0.2, 0.25) is 0 Å². The van der Waals surface area contributed by atoms with Crippen LogP contribution >= 0.6 is 12.4 Å². The predicted octanol–water partition coefficient (Wildman–Crippen LogP) is 0.230. The quantitative estimate of drug-likeness (QED) is 0.205. The van der Waals surface area contributed by atoms with Crippen LogP contribution < -0.4 is 16.7 Å². The van der Waals surface area contributed by atoms with E-state index in [0.717, 1.165) is 11.6 Å². The first kappa shape index (κ1) is 15.1. The SMILES string of the molecule is Cl.NNC(=O)c1ccc(C=CC(=O)NO)cc1. The van der Waals surface area contributed by atoms with Crippen molar-refractivity contribution in [3.05, 3.63) is 41.5 Å². The first-order chi connectivity index (χ1) is 7.67. The molecular formula is C10H12ClN3O3. The van der Waals surface area contributed by atoms with E-state index in [1.54, 1.807) is 24.3 Å². The third-order valence-corrected chi connectivity index (χ3v) is 1.84. The van der Waals surface area contributed by atoms with Crippen molar-refractivity contribution in [3.8, 4) is 0 Å². The summed E-state index contributed by atoms with van der Waals surface area (Å²) in [7, 11) is 0. The summed E-state index contributed by atoms with van der Waals surface area (Å²) in [6.07, 6.45) is 2.66. The number of carbonyl (C=O) groups excluding carboxylic acids is 2. The van der Waals surface area contributed by atoms with Gasteiger partial charge in [0.1, 0.15) is 0 Å². The summed E-state index contributed by atoms with van der Waals surface area (Å²) in [6.45, 7) is 0. The number of nitrogen functional groups attached to an aromatic ring is 1. The van der Waals surface area contributed by atoms with Crippen molar-refractivity contribution >= 4 is 30.3 Å².